The molecule has 0 unspecified atom stereocenters. The van der Waals surface area contributed by atoms with Gasteiger partial charge in [0.1, 0.15) is 5.75 Å². The molecule has 3 heteroatoms. The molecule has 0 amide bonds. The summed E-state index contributed by atoms with van der Waals surface area (Å²) in [5, 5.41) is 6.25. The topological polar surface area (TPSA) is 34.1 Å². The summed E-state index contributed by atoms with van der Waals surface area (Å²) < 4.78 is 5.56. The number of pyridine rings is 1. The molecular weight excluding hydrogens is 344 g/mol. The molecule has 28 heavy (non-hydrogen) atoms. The molecule has 1 aromatic heterocycles. The average molecular weight is 368 g/mol. The Bertz CT molecular complexity index is 1070. The van der Waals surface area contributed by atoms with Crippen molar-refractivity contribution in [3.05, 3.63) is 96.3 Å². The Balaban J connectivity index is 1.56. The van der Waals surface area contributed by atoms with Gasteiger partial charge in [0, 0.05) is 30.5 Å². The number of benzene rings is 3. The van der Waals surface area contributed by atoms with Crippen LogP contribution in [0.3, 0.4) is 0 Å². The molecule has 0 aliphatic heterocycles. The van der Waals surface area contributed by atoms with Crippen molar-refractivity contribution in [1.29, 1.82) is 0 Å². The minimum Gasteiger partial charge on any atom is -0.496 e. The Kier molecular flexibility index (Phi) is 5.36. The fraction of sp³-hybridized carbons (Fsp3) is 0.160. The van der Waals surface area contributed by atoms with Gasteiger partial charge in [0.2, 0.25) is 0 Å². The van der Waals surface area contributed by atoms with E-state index < -0.39 is 0 Å². The number of hydrogen-bond donors (Lipinski definition) is 1. The highest BCUT2D eigenvalue weighted by Gasteiger charge is 2.11. The lowest BCUT2D eigenvalue weighted by Crippen LogP contribution is -2.18. The van der Waals surface area contributed by atoms with Crippen LogP contribution in [-0.2, 0) is 6.54 Å². The van der Waals surface area contributed by atoms with Crippen LogP contribution >= 0.6 is 0 Å². The summed E-state index contributed by atoms with van der Waals surface area (Å²) in [4.78, 5) is 4.11. The molecule has 4 aromatic rings. The molecule has 1 heterocycles. The Morgan fingerprint density at radius 2 is 1.71 bits per heavy atom. The predicted octanol–water partition coefficient (Wildman–Crippen LogP) is 5.76. The van der Waals surface area contributed by atoms with E-state index in [1.54, 1.807) is 7.11 Å². The zero-order valence-electron chi connectivity index (χ0n) is 16.2. The van der Waals surface area contributed by atoms with Crippen LogP contribution in [0.15, 0.2) is 85.2 Å². The minimum absolute atomic E-state index is 0.248. The standard InChI is InChI=1S/C25H24N2O/c1-18(22-9-5-7-20-6-3-4-8-23(20)22)27-17-19-10-11-25(28-2)24(16-19)21-12-14-26-15-13-21/h3-16,18,27H,17H2,1-2H3/t18-/m1/s1. The lowest BCUT2D eigenvalue weighted by atomic mass is 9.99. The van der Waals surface area contributed by atoms with Gasteiger partial charge in [0.25, 0.3) is 0 Å². The number of nitrogens with zero attached hydrogens (tertiary/aromatic N) is 1. The Labute approximate surface area is 166 Å². The molecule has 0 aliphatic rings. The minimum atomic E-state index is 0.248. The van der Waals surface area contributed by atoms with Crippen molar-refractivity contribution >= 4 is 10.8 Å². The molecule has 0 saturated heterocycles. The van der Waals surface area contributed by atoms with Crippen LogP contribution in [-0.4, -0.2) is 12.1 Å². The quantitative estimate of drug-likeness (QED) is 0.470. The van der Waals surface area contributed by atoms with Gasteiger partial charge in [-0.25, -0.2) is 0 Å². The SMILES string of the molecule is COc1ccc(CN[C@H](C)c2cccc3ccccc23)cc1-c1ccncc1. The Hall–Kier alpha value is -3.17. The third-order valence-corrected chi connectivity index (χ3v) is 5.16. The van der Waals surface area contributed by atoms with Crippen molar-refractivity contribution in [2.45, 2.75) is 19.5 Å². The van der Waals surface area contributed by atoms with E-state index in [0.717, 1.165) is 23.4 Å². The Morgan fingerprint density at radius 1 is 0.929 bits per heavy atom. The Morgan fingerprint density at radius 3 is 2.54 bits per heavy atom. The molecule has 1 atom stereocenters. The second-order valence-electron chi connectivity index (χ2n) is 6.94. The van der Waals surface area contributed by atoms with Crippen LogP contribution in [0.25, 0.3) is 21.9 Å². The van der Waals surface area contributed by atoms with E-state index in [2.05, 4.69) is 71.8 Å². The van der Waals surface area contributed by atoms with Crippen molar-refractivity contribution in [3.8, 4) is 16.9 Å². The summed E-state index contributed by atoms with van der Waals surface area (Å²) in [5.74, 6) is 0.872. The number of nitrogens with one attached hydrogen (secondary N) is 1. The van der Waals surface area contributed by atoms with Gasteiger partial charge >= 0.3 is 0 Å². The summed E-state index contributed by atoms with van der Waals surface area (Å²) in [7, 11) is 1.71. The maximum Gasteiger partial charge on any atom is 0.126 e. The van der Waals surface area contributed by atoms with Crippen molar-refractivity contribution in [2.24, 2.45) is 0 Å². The van der Waals surface area contributed by atoms with Gasteiger partial charge in [-0.05, 0) is 58.7 Å². The highest BCUT2D eigenvalue weighted by Crippen LogP contribution is 2.31. The van der Waals surface area contributed by atoms with E-state index in [9.17, 15) is 0 Å². The number of methoxy groups -OCH3 is 1. The molecule has 1 N–H and O–H groups in total. The third-order valence-electron chi connectivity index (χ3n) is 5.16. The first-order valence-corrected chi connectivity index (χ1v) is 9.54. The molecule has 3 aromatic carbocycles. The van der Waals surface area contributed by atoms with E-state index in [0.29, 0.717) is 0 Å². The maximum atomic E-state index is 5.56. The summed E-state index contributed by atoms with van der Waals surface area (Å²) in [6, 6.07) is 25.6. The normalized spacial score (nSPS) is 12.1. The van der Waals surface area contributed by atoms with E-state index >= 15 is 0 Å². The molecule has 0 saturated carbocycles. The van der Waals surface area contributed by atoms with Crippen molar-refractivity contribution < 1.29 is 4.74 Å². The number of aromatic nitrogens is 1. The molecule has 0 spiro atoms. The monoisotopic (exact) mass is 368 g/mol. The van der Waals surface area contributed by atoms with Crippen molar-refractivity contribution in [1.82, 2.24) is 10.3 Å². The third kappa shape index (κ3) is 3.75. The number of ether oxygens (including phenoxy) is 1. The molecular formula is C25H24N2O. The van der Waals surface area contributed by atoms with Crippen molar-refractivity contribution in [2.75, 3.05) is 7.11 Å². The highest BCUT2D eigenvalue weighted by atomic mass is 16.5. The van der Waals surface area contributed by atoms with Gasteiger partial charge in [-0.1, -0.05) is 48.5 Å². The first kappa shape index (κ1) is 18.2. The lowest BCUT2D eigenvalue weighted by molar-refractivity contribution is 0.416. The second kappa shape index (κ2) is 8.24. The van der Waals surface area contributed by atoms with E-state index in [4.69, 9.17) is 4.74 Å². The number of rotatable bonds is 6. The lowest BCUT2D eigenvalue weighted by Gasteiger charge is -2.18. The second-order valence-corrected chi connectivity index (χ2v) is 6.94. The number of hydrogen-bond acceptors (Lipinski definition) is 3. The molecule has 0 fully saturated rings. The largest absolute Gasteiger partial charge is 0.496 e. The highest BCUT2D eigenvalue weighted by molar-refractivity contribution is 5.86. The molecule has 0 radical (unpaired) electrons. The summed E-state index contributed by atoms with van der Waals surface area (Å²) in [5.41, 5.74) is 4.73. The number of fused-ring (bicyclic) bond motifs is 1. The molecule has 3 nitrogen and oxygen atoms in total. The zero-order valence-corrected chi connectivity index (χ0v) is 16.2. The fourth-order valence-electron chi connectivity index (χ4n) is 3.63. The van der Waals surface area contributed by atoms with Crippen LogP contribution in [0, 0.1) is 0 Å². The average Bonchev–Trinajstić information content (AvgIpc) is 2.77. The first-order valence-electron chi connectivity index (χ1n) is 9.54. The van der Waals surface area contributed by atoms with Gasteiger partial charge < -0.3 is 10.1 Å². The van der Waals surface area contributed by atoms with Crippen LogP contribution in [0.1, 0.15) is 24.1 Å². The molecule has 0 aliphatic carbocycles. The molecule has 140 valence electrons. The van der Waals surface area contributed by atoms with Crippen LogP contribution < -0.4 is 10.1 Å². The summed E-state index contributed by atoms with van der Waals surface area (Å²) in [6.45, 7) is 3.00. The molecule has 4 rings (SSSR count). The summed E-state index contributed by atoms with van der Waals surface area (Å²) >= 11 is 0. The summed E-state index contributed by atoms with van der Waals surface area (Å²) in [6.07, 6.45) is 3.62. The maximum absolute atomic E-state index is 5.56. The van der Waals surface area contributed by atoms with Gasteiger partial charge in [-0.3, -0.25) is 4.98 Å². The first-order chi connectivity index (χ1) is 13.8. The predicted molar refractivity (Wildman–Crippen MR) is 115 cm³/mol. The van der Waals surface area contributed by atoms with Crippen molar-refractivity contribution in [3.63, 3.8) is 0 Å². The van der Waals surface area contributed by atoms with Gasteiger partial charge in [0.15, 0.2) is 0 Å². The zero-order chi connectivity index (χ0) is 19.3. The van der Waals surface area contributed by atoms with Gasteiger partial charge in [-0.2, -0.15) is 0 Å². The van der Waals surface area contributed by atoms with Crippen LogP contribution in [0.2, 0.25) is 0 Å². The molecule has 0 bridgehead atoms. The van der Waals surface area contributed by atoms with Gasteiger partial charge in [-0.15, -0.1) is 0 Å². The van der Waals surface area contributed by atoms with E-state index in [1.165, 1.54) is 21.9 Å². The van der Waals surface area contributed by atoms with E-state index in [-0.39, 0.29) is 6.04 Å². The van der Waals surface area contributed by atoms with E-state index in [1.807, 2.05) is 30.6 Å². The van der Waals surface area contributed by atoms with Crippen LogP contribution in [0.4, 0.5) is 0 Å². The smallest absolute Gasteiger partial charge is 0.126 e. The fourth-order valence-corrected chi connectivity index (χ4v) is 3.63. The van der Waals surface area contributed by atoms with Gasteiger partial charge in [0.05, 0.1) is 7.11 Å². The van der Waals surface area contributed by atoms with Crippen LogP contribution in [0.5, 0.6) is 5.75 Å².